The zero-order valence-electron chi connectivity index (χ0n) is 19.8. The molecule has 1 fully saturated rings. The molecular weight excluding hydrogens is 462 g/mol. The minimum absolute atomic E-state index is 0.122. The summed E-state index contributed by atoms with van der Waals surface area (Å²) in [6, 6.07) is 9.77. The van der Waals surface area contributed by atoms with Crippen molar-refractivity contribution in [3.63, 3.8) is 0 Å². The largest absolute Gasteiger partial charge is 0.385 e. The predicted octanol–water partition coefficient (Wildman–Crippen LogP) is 1.41. The summed E-state index contributed by atoms with van der Waals surface area (Å²) in [6.45, 7) is 0.671. The summed E-state index contributed by atoms with van der Waals surface area (Å²) in [5, 5.41) is 13.4. The highest BCUT2D eigenvalue weighted by atomic mass is 16.2. The van der Waals surface area contributed by atoms with Crippen LogP contribution in [0.1, 0.15) is 23.3 Å². The molecular formula is C24H25N9O3. The lowest BCUT2D eigenvalue weighted by Gasteiger charge is -2.29. The number of rotatable bonds is 6. The fourth-order valence-corrected chi connectivity index (χ4v) is 4.17. The Balaban J connectivity index is 1.48. The number of likely N-dealkylation sites (tertiary alicyclic amines) is 1. The number of piperidine rings is 1. The number of aromatic nitrogens is 5. The van der Waals surface area contributed by atoms with Crippen molar-refractivity contribution in [3.05, 3.63) is 71.0 Å². The fourth-order valence-electron chi connectivity index (χ4n) is 4.17. The van der Waals surface area contributed by atoms with E-state index in [0.717, 1.165) is 6.42 Å². The standard InChI is InChI=1S/C24H25N9O3/c1-25-17-13-19(28-16-8-6-12-32(24(16)36)20-9-3-4-10-26-20)30-33-18(14-27-21(17)33)22(34)29-15-7-5-11-31(2)23(15)35/h3-4,6,8-10,12-15,25H,5,7,11H2,1-2H3,(H,28,30)(H,29,34)/t15-/m0/s1. The van der Waals surface area contributed by atoms with Crippen LogP contribution in [0.5, 0.6) is 0 Å². The predicted molar refractivity (Wildman–Crippen MR) is 134 cm³/mol. The number of fused-ring (bicyclic) bond motifs is 1. The molecule has 0 unspecified atom stereocenters. The van der Waals surface area contributed by atoms with Crippen molar-refractivity contribution in [1.82, 2.24) is 34.4 Å². The van der Waals surface area contributed by atoms with Gasteiger partial charge in [-0.2, -0.15) is 0 Å². The van der Waals surface area contributed by atoms with Crippen molar-refractivity contribution < 1.29 is 9.59 Å². The van der Waals surface area contributed by atoms with Gasteiger partial charge in [-0.25, -0.2) is 14.5 Å². The zero-order chi connectivity index (χ0) is 25.2. The minimum Gasteiger partial charge on any atom is -0.385 e. The van der Waals surface area contributed by atoms with E-state index in [1.54, 1.807) is 67.8 Å². The Kier molecular flexibility index (Phi) is 6.07. The second-order valence-corrected chi connectivity index (χ2v) is 8.41. The molecule has 36 heavy (non-hydrogen) atoms. The SMILES string of the molecule is CNc1cc(Nc2cccn(-c3ccccn3)c2=O)nn2c(C(=O)N[C@H]3CCCN(C)C3=O)cnc12. The number of imidazole rings is 1. The molecule has 12 nitrogen and oxygen atoms in total. The summed E-state index contributed by atoms with van der Waals surface area (Å²) in [7, 11) is 3.44. The number of carbonyl (C=O) groups excluding carboxylic acids is 2. The van der Waals surface area contributed by atoms with Crippen LogP contribution < -0.4 is 21.5 Å². The average Bonchev–Trinajstić information content (AvgIpc) is 3.32. The van der Waals surface area contributed by atoms with Crippen molar-refractivity contribution in [3.8, 4) is 5.82 Å². The first-order valence-electron chi connectivity index (χ1n) is 11.5. The Hall–Kier alpha value is -4.74. The van der Waals surface area contributed by atoms with Crippen LogP contribution in [0.3, 0.4) is 0 Å². The third kappa shape index (κ3) is 4.24. The minimum atomic E-state index is -0.596. The lowest BCUT2D eigenvalue weighted by molar-refractivity contribution is -0.134. The second-order valence-electron chi connectivity index (χ2n) is 8.41. The molecule has 5 heterocycles. The van der Waals surface area contributed by atoms with E-state index in [1.807, 2.05) is 0 Å². The maximum atomic E-state index is 13.1. The van der Waals surface area contributed by atoms with Gasteiger partial charge in [0.15, 0.2) is 17.2 Å². The van der Waals surface area contributed by atoms with Gasteiger partial charge in [0.05, 0.1) is 11.9 Å². The molecule has 0 spiro atoms. The molecule has 0 saturated carbocycles. The average molecular weight is 488 g/mol. The number of hydrogen-bond acceptors (Lipinski definition) is 8. The van der Waals surface area contributed by atoms with Crippen LogP contribution in [-0.2, 0) is 4.79 Å². The van der Waals surface area contributed by atoms with E-state index in [4.69, 9.17) is 0 Å². The molecule has 0 aromatic carbocycles. The third-order valence-electron chi connectivity index (χ3n) is 6.04. The molecule has 1 aliphatic rings. The highest BCUT2D eigenvalue weighted by Crippen LogP contribution is 2.22. The van der Waals surface area contributed by atoms with Crippen LogP contribution in [0.15, 0.2) is 59.8 Å². The molecule has 1 aliphatic heterocycles. The fraction of sp³-hybridized carbons (Fsp3) is 0.250. The molecule has 184 valence electrons. The van der Waals surface area contributed by atoms with Crippen molar-refractivity contribution in [2.75, 3.05) is 31.3 Å². The van der Waals surface area contributed by atoms with Gasteiger partial charge < -0.3 is 20.9 Å². The molecule has 4 aromatic rings. The number of amides is 2. The van der Waals surface area contributed by atoms with Crippen LogP contribution in [0.2, 0.25) is 0 Å². The summed E-state index contributed by atoms with van der Waals surface area (Å²) in [5.41, 5.74) is 1.16. The first kappa shape index (κ1) is 23.0. The molecule has 0 aliphatic carbocycles. The van der Waals surface area contributed by atoms with Gasteiger partial charge in [0, 0.05) is 39.1 Å². The Morgan fingerprint density at radius 1 is 1.11 bits per heavy atom. The van der Waals surface area contributed by atoms with E-state index in [2.05, 4.69) is 31.0 Å². The molecule has 1 saturated heterocycles. The molecule has 0 radical (unpaired) electrons. The summed E-state index contributed by atoms with van der Waals surface area (Å²) in [4.78, 5) is 48.8. The van der Waals surface area contributed by atoms with Gasteiger partial charge in [-0.3, -0.25) is 19.0 Å². The van der Waals surface area contributed by atoms with Gasteiger partial charge in [0.2, 0.25) is 5.91 Å². The number of likely N-dealkylation sites (N-methyl/N-ethyl adjacent to an activating group) is 1. The molecule has 12 heteroatoms. The number of carbonyl (C=O) groups is 2. The molecule has 1 atom stereocenters. The molecule has 3 N–H and O–H groups in total. The van der Waals surface area contributed by atoms with Gasteiger partial charge in [-0.1, -0.05) is 6.07 Å². The van der Waals surface area contributed by atoms with Crippen molar-refractivity contribution in [1.29, 1.82) is 0 Å². The lowest BCUT2D eigenvalue weighted by Crippen LogP contribution is -2.51. The van der Waals surface area contributed by atoms with Gasteiger partial charge in [0.25, 0.3) is 11.5 Å². The number of pyridine rings is 2. The lowest BCUT2D eigenvalue weighted by atomic mass is 10.1. The molecule has 4 aromatic heterocycles. The Morgan fingerprint density at radius 3 is 2.75 bits per heavy atom. The topological polar surface area (TPSA) is 139 Å². The van der Waals surface area contributed by atoms with Crippen LogP contribution in [0.25, 0.3) is 11.5 Å². The van der Waals surface area contributed by atoms with Crippen LogP contribution in [0, 0.1) is 0 Å². The molecule has 2 amide bonds. The van der Waals surface area contributed by atoms with Crippen molar-refractivity contribution in [2.24, 2.45) is 0 Å². The summed E-state index contributed by atoms with van der Waals surface area (Å²) >= 11 is 0. The Morgan fingerprint density at radius 2 is 1.97 bits per heavy atom. The van der Waals surface area contributed by atoms with Crippen LogP contribution in [-0.4, -0.2) is 67.5 Å². The highest BCUT2D eigenvalue weighted by Gasteiger charge is 2.29. The monoisotopic (exact) mass is 487 g/mol. The van der Waals surface area contributed by atoms with Gasteiger partial charge in [-0.15, -0.1) is 5.10 Å². The third-order valence-corrected chi connectivity index (χ3v) is 6.04. The Bertz CT molecular complexity index is 1500. The van der Waals surface area contributed by atoms with Crippen LogP contribution >= 0.6 is 0 Å². The van der Waals surface area contributed by atoms with E-state index in [9.17, 15) is 14.4 Å². The van der Waals surface area contributed by atoms with E-state index in [0.29, 0.717) is 35.9 Å². The summed E-state index contributed by atoms with van der Waals surface area (Å²) in [6.07, 6.45) is 6.04. The normalized spacial score (nSPS) is 15.7. The van der Waals surface area contributed by atoms with Crippen LogP contribution in [0.4, 0.5) is 17.2 Å². The number of nitrogens with one attached hydrogen (secondary N) is 3. The van der Waals surface area contributed by atoms with Gasteiger partial charge in [0.1, 0.15) is 17.5 Å². The first-order valence-corrected chi connectivity index (χ1v) is 11.5. The number of hydrogen-bond donors (Lipinski definition) is 3. The Labute approximate surface area is 206 Å². The molecule has 5 rings (SSSR count). The van der Waals surface area contributed by atoms with E-state index < -0.39 is 11.9 Å². The number of nitrogens with zero attached hydrogens (tertiary/aromatic N) is 6. The highest BCUT2D eigenvalue weighted by molar-refractivity contribution is 5.97. The van der Waals surface area contributed by atoms with E-state index in [-0.39, 0.29) is 22.8 Å². The maximum absolute atomic E-state index is 13.1. The van der Waals surface area contributed by atoms with E-state index in [1.165, 1.54) is 15.3 Å². The first-order chi connectivity index (χ1) is 17.5. The quantitative estimate of drug-likeness (QED) is 0.371. The van der Waals surface area contributed by atoms with E-state index >= 15 is 0 Å². The molecule has 0 bridgehead atoms. The summed E-state index contributed by atoms with van der Waals surface area (Å²) in [5.74, 6) is 0.230. The zero-order valence-corrected chi connectivity index (χ0v) is 19.8. The maximum Gasteiger partial charge on any atom is 0.279 e. The second kappa shape index (κ2) is 9.49. The summed E-state index contributed by atoms with van der Waals surface area (Å²) < 4.78 is 2.81. The smallest absolute Gasteiger partial charge is 0.279 e. The van der Waals surface area contributed by atoms with Gasteiger partial charge >= 0.3 is 0 Å². The van der Waals surface area contributed by atoms with Gasteiger partial charge in [-0.05, 0) is 37.1 Å². The number of anilines is 3. The van der Waals surface area contributed by atoms with Crippen molar-refractivity contribution in [2.45, 2.75) is 18.9 Å². The van der Waals surface area contributed by atoms with Crippen molar-refractivity contribution >= 4 is 34.7 Å².